The van der Waals surface area contributed by atoms with Gasteiger partial charge in [0, 0.05) is 49.2 Å². The van der Waals surface area contributed by atoms with Crippen molar-refractivity contribution in [2.75, 3.05) is 31.1 Å². The number of hydrogen-bond acceptors (Lipinski definition) is 2. The number of aromatic nitrogens is 1. The molecule has 1 radical (unpaired) electrons. The van der Waals surface area contributed by atoms with Gasteiger partial charge in [-0.15, -0.1) is 5.92 Å². The maximum Gasteiger partial charge on any atom is 0.230 e. The van der Waals surface area contributed by atoms with E-state index in [1.165, 1.54) is 27.6 Å². The minimum atomic E-state index is -0.0445. The molecule has 2 aromatic rings. The molecule has 2 heterocycles. The first kappa shape index (κ1) is 24.9. The lowest BCUT2D eigenvalue weighted by atomic mass is 9.79. The zero-order chi connectivity index (χ0) is 23.1. The number of halogens is 1. The fourth-order valence-electron chi connectivity index (χ4n) is 4.72. The molecule has 0 bridgehead atoms. The largest absolute Gasteiger partial charge is 0.361 e. The molecule has 32 heavy (non-hydrogen) atoms. The molecule has 0 spiro atoms. The smallest absolute Gasteiger partial charge is 0.230 e. The molecule has 171 valence electrons. The van der Waals surface area contributed by atoms with Crippen LogP contribution in [0.3, 0.4) is 0 Å². The monoisotopic (exact) mass is 544 g/mol. The number of alkyl halides is 1. The molecule has 0 fully saturated rings. The number of likely N-dealkylation sites (N-methyl/N-ethyl adjacent to an activating group) is 1. The van der Waals surface area contributed by atoms with Crippen LogP contribution in [0.4, 0.5) is 0 Å². The molecule has 0 saturated heterocycles. The Morgan fingerprint density at radius 1 is 1.31 bits per heavy atom. The Morgan fingerprint density at radius 3 is 2.78 bits per heavy atom. The Labute approximate surface area is 207 Å². The van der Waals surface area contributed by atoms with E-state index in [-0.39, 0.29) is 11.8 Å². The van der Waals surface area contributed by atoms with Gasteiger partial charge < -0.3 is 9.88 Å². The molecule has 5 heteroatoms. The van der Waals surface area contributed by atoms with E-state index < -0.39 is 0 Å². The number of unbranched alkanes of at least 4 members (excludes halogenated alkanes) is 2. The number of fused-ring (bicyclic) bond motifs is 2. The van der Waals surface area contributed by atoms with Gasteiger partial charge in [0.15, 0.2) is 0 Å². The quantitative estimate of drug-likeness (QED) is 0.239. The van der Waals surface area contributed by atoms with Crippen molar-refractivity contribution in [3.05, 3.63) is 48.5 Å². The lowest BCUT2D eigenvalue weighted by molar-refractivity contribution is -0.134. The van der Waals surface area contributed by atoms with E-state index in [1.807, 2.05) is 4.90 Å². The lowest BCUT2D eigenvalue weighted by Gasteiger charge is -2.40. The Kier molecular flexibility index (Phi) is 9.24. The number of hydrogen-bond donors (Lipinski definition) is 1. The first-order valence-electron chi connectivity index (χ1n) is 11.7. The van der Waals surface area contributed by atoms with E-state index in [9.17, 15) is 4.79 Å². The molecule has 1 aromatic carbocycles. The van der Waals surface area contributed by atoms with Gasteiger partial charge in [-0.05, 0) is 56.5 Å². The van der Waals surface area contributed by atoms with E-state index in [4.69, 9.17) is 0 Å². The fraction of sp³-hybridized carbons (Fsp3) is 0.481. The van der Waals surface area contributed by atoms with Crippen LogP contribution < -0.4 is 0 Å². The summed E-state index contributed by atoms with van der Waals surface area (Å²) in [5.41, 5.74) is 5.21. The molecule has 1 amide bonds. The van der Waals surface area contributed by atoms with Crippen molar-refractivity contribution in [1.29, 1.82) is 0 Å². The van der Waals surface area contributed by atoms with Gasteiger partial charge >= 0.3 is 0 Å². The fourth-order valence-corrected chi connectivity index (χ4v) is 4.99. The maximum atomic E-state index is 12.9. The molecule has 2 aliphatic rings. The molecule has 0 unspecified atom stereocenters. The predicted molar refractivity (Wildman–Crippen MR) is 144 cm³/mol. The molecular weight excluding hydrogens is 509 g/mol. The zero-order valence-electron chi connectivity index (χ0n) is 19.6. The van der Waals surface area contributed by atoms with Crippen LogP contribution in [0.25, 0.3) is 16.5 Å². The average Bonchev–Trinajstić information content (AvgIpc) is 3.23. The van der Waals surface area contributed by atoms with Crippen LogP contribution in [0.15, 0.2) is 30.5 Å². The van der Waals surface area contributed by atoms with Crippen LogP contribution in [-0.4, -0.2) is 57.8 Å². The van der Waals surface area contributed by atoms with Crippen LogP contribution in [0.5, 0.6) is 0 Å². The average molecular weight is 545 g/mol. The lowest BCUT2D eigenvalue weighted by Crippen LogP contribution is -2.47. The first-order chi connectivity index (χ1) is 15.5. The minimum Gasteiger partial charge on any atom is -0.361 e. The number of aromatic amines is 1. The summed E-state index contributed by atoms with van der Waals surface area (Å²) in [5.74, 6) is 6.24. The van der Waals surface area contributed by atoms with Crippen molar-refractivity contribution in [2.45, 2.75) is 45.6 Å². The number of benzene rings is 1. The first-order valence-corrected chi connectivity index (χ1v) is 13.2. The summed E-state index contributed by atoms with van der Waals surface area (Å²) in [5, 5.41) is 1.34. The van der Waals surface area contributed by atoms with Gasteiger partial charge in [-0.2, -0.15) is 0 Å². The predicted octanol–water partition coefficient (Wildman–Crippen LogP) is 5.34. The number of carbonyl (C=O) groups is 1. The number of nitrogens with one attached hydrogen (secondary N) is 1. The topological polar surface area (TPSA) is 39.3 Å². The third kappa shape index (κ3) is 5.40. The number of rotatable bonds is 5. The summed E-state index contributed by atoms with van der Waals surface area (Å²) in [6.07, 6.45) is 8.58. The summed E-state index contributed by atoms with van der Waals surface area (Å²) in [4.78, 5) is 20.6. The van der Waals surface area contributed by atoms with Crippen LogP contribution >= 0.6 is 22.6 Å². The molecule has 0 saturated carbocycles. The van der Waals surface area contributed by atoms with Crippen LogP contribution in [0.2, 0.25) is 0 Å². The van der Waals surface area contributed by atoms with E-state index in [0.717, 1.165) is 49.7 Å². The van der Waals surface area contributed by atoms with Crippen molar-refractivity contribution in [1.82, 2.24) is 14.8 Å². The second kappa shape index (κ2) is 11.9. The van der Waals surface area contributed by atoms with Gasteiger partial charge in [0.1, 0.15) is 0 Å². The third-order valence-corrected chi connectivity index (χ3v) is 6.79. The highest BCUT2D eigenvalue weighted by Gasteiger charge is 2.36. The normalized spacial score (nSPS) is 19.2. The van der Waals surface area contributed by atoms with Crippen LogP contribution in [-0.2, 0) is 11.2 Å². The van der Waals surface area contributed by atoms with Crippen molar-refractivity contribution in [2.24, 2.45) is 5.92 Å². The van der Waals surface area contributed by atoms with Gasteiger partial charge in [-0.25, -0.2) is 0 Å². The van der Waals surface area contributed by atoms with Gasteiger partial charge in [0.2, 0.25) is 5.91 Å². The molecule has 1 aromatic heterocycles. The SMILES string of the molecule is CCN(CC)C(=O)[C@@H]1C=C2c3cccc4[nH]cc(c34)C[C@H]2N(C)C1.[CH2]CCCC#CCI. The molecule has 1 N–H and O–H groups in total. The van der Waals surface area contributed by atoms with Gasteiger partial charge in [0.25, 0.3) is 0 Å². The van der Waals surface area contributed by atoms with Gasteiger partial charge in [-0.1, -0.05) is 60.1 Å². The third-order valence-electron chi connectivity index (χ3n) is 6.40. The second-order valence-electron chi connectivity index (χ2n) is 8.38. The Morgan fingerprint density at radius 2 is 2.09 bits per heavy atom. The molecule has 1 aliphatic carbocycles. The Hall–Kier alpha value is -1.78. The van der Waals surface area contributed by atoms with Crippen molar-refractivity contribution in [3.8, 4) is 11.8 Å². The van der Waals surface area contributed by atoms with Crippen molar-refractivity contribution < 1.29 is 4.79 Å². The van der Waals surface area contributed by atoms with Gasteiger partial charge in [0.05, 0.1) is 10.3 Å². The van der Waals surface area contributed by atoms with E-state index in [2.05, 4.69) is 103 Å². The van der Waals surface area contributed by atoms with E-state index >= 15 is 0 Å². The van der Waals surface area contributed by atoms with Crippen LogP contribution in [0, 0.1) is 24.7 Å². The highest BCUT2D eigenvalue weighted by atomic mass is 127. The van der Waals surface area contributed by atoms with Crippen LogP contribution in [0.1, 0.15) is 44.2 Å². The van der Waals surface area contributed by atoms with Gasteiger partial charge in [-0.3, -0.25) is 9.69 Å². The molecular formula is C27H35IN3O. The summed E-state index contributed by atoms with van der Waals surface area (Å²) in [6, 6.07) is 6.82. The summed E-state index contributed by atoms with van der Waals surface area (Å²) in [6.45, 7) is 10.2. The molecule has 2 atom stereocenters. The number of nitrogens with zero attached hydrogens (tertiary/aromatic N) is 2. The highest BCUT2D eigenvalue weighted by molar-refractivity contribution is 14.1. The van der Waals surface area contributed by atoms with E-state index in [0.29, 0.717) is 6.04 Å². The van der Waals surface area contributed by atoms with Crippen molar-refractivity contribution >= 4 is 45.0 Å². The number of amides is 1. The number of carbonyl (C=O) groups excluding carboxylic acids is 1. The molecule has 1 aliphatic heterocycles. The Bertz CT molecular complexity index is 1010. The van der Waals surface area contributed by atoms with Crippen molar-refractivity contribution in [3.63, 3.8) is 0 Å². The zero-order valence-corrected chi connectivity index (χ0v) is 21.7. The minimum absolute atomic E-state index is 0.0445. The molecule has 4 rings (SSSR count). The van der Waals surface area contributed by atoms with E-state index in [1.54, 1.807) is 0 Å². The highest BCUT2D eigenvalue weighted by Crippen LogP contribution is 2.40. The second-order valence-corrected chi connectivity index (χ2v) is 9.15. The Balaban J connectivity index is 0.000000312. The summed E-state index contributed by atoms with van der Waals surface area (Å²) < 4.78 is 0.953. The summed E-state index contributed by atoms with van der Waals surface area (Å²) >= 11 is 2.25. The standard InChI is InChI=1S/C20H25N3O.C7H10I/c1-4-23(5-2)20(24)14-9-16-15-7-6-8-17-19(15)13(11-21-17)10-18(16)22(3)12-14;1-2-3-4-5-6-7-8/h6-9,11,14,18,21H,4-5,10,12H2,1-3H3;1-4,7H2/t14-,18-;/m1./s1. The summed E-state index contributed by atoms with van der Waals surface area (Å²) in [7, 11) is 2.15. The maximum absolute atomic E-state index is 12.9. The number of H-pyrrole nitrogens is 1. The molecule has 4 nitrogen and oxygen atoms in total.